The van der Waals surface area contributed by atoms with Crippen molar-refractivity contribution in [3.63, 3.8) is 0 Å². The van der Waals surface area contributed by atoms with Gasteiger partial charge in [-0.05, 0) is 43.0 Å². The van der Waals surface area contributed by atoms with Crippen LogP contribution in [0.5, 0.6) is 0 Å². The Hall–Kier alpha value is -3.01. The van der Waals surface area contributed by atoms with Crippen LogP contribution in [0.25, 0.3) is 11.1 Å². The van der Waals surface area contributed by atoms with E-state index in [9.17, 15) is 4.79 Å². The molecule has 0 fully saturated rings. The number of rotatable bonds is 9. The number of hydrogen-bond acceptors (Lipinski definition) is 2. The number of hydrogen-bond donors (Lipinski definition) is 1. The fourth-order valence-electron chi connectivity index (χ4n) is 4.12. The minimum Gasteiger partial charge on any atom is -0.378 e. The molecule has 30 heavy (non-hydrogen) atoms. The molecule has 4 nitrogen and oxygen atoms in total. The molecule has 0 aliphatic heterocycles. The third-order valence-corrected chi connectivity index (χ3v) is 5.75. The molecule has 0 bridgehead atoms. The average Bonchev–Trinajstić information content (AvgIpc) is 3.01. The number of primary amides is 1. The number of anilines is 1. The molecule has 0 aliphatic rings. The predicted octanol–water partition coefficient (Wildman–Crippen LogP) is 5.41. The van der Waals surface area contributed by atoms with Gasteiger partial charge < -0.3 is 15.2 Å². The van der Waals surface area contributed by atoms with Crippen LogP contribution in [0.2, 0.25) is 0 Å². The van der Waals surface area contributed by atoms with E-state index >= 15 is 0 Å². The highest BCUT2D eigenvalue weighted by Crippen LogP contribution is 2.35. The van der Waals surface area contributed by atoms with Crippen LogP contribution in [0, 0.1) is 6.92 Å². The molecule has 3 aromatic rings. The van der Waals surface area contributed by atoms with Gasteiger partial charge in [0, 0.05) is 43.3 Å². The molecular weight excluding hydrogens is 370 g/mol. The maximum Gasteiger partial charge on any atom is 0.251 e. The fraction of sp³-hybridized carbons (Fsp3) is 0.346. The number of carbonyl (C=O) groups is 1. The largest absolute Gasteiger partial charge is 0.378 e. The number of benzene rings is 2. The first-order valence-corrected chi connectivity index (χ1v) is 10.8. The van der Waals surface area contributed by atoms with Crippen molar-refractivity contribution < 1.29 is 4.79 Å². The highest BCUT2D eigenvalue weighted by Gasteiger charge is 2.24. The number of aromatic nitrogens is 1. The van der Waals surface area contributed by atoms with Gasteiger partial charge in [-0.1, -0.05) is 62.2 Å². The molecule has 0 aliphatic carbocycles. The van der Waals surface area contributed by atoms with Gasteiger partial charge in [-0.15, -0.1) is 0 Å². The van der Waals surface area contributed by atoms with Crippen LogP contribution in [-0.4, -0.2) is 24.6 Å². The lowest BCUT2D eigenvalue weighted by molar-refractivity contribution is 0.1000. The molecule has 0 unspecified atom stereocenters. The summed E-state index contributed by atoms with van der Waals surface area (Å²) in [4.78, 5) is 14.6. The third kappa shape index (κ3) is 4.59. The van der Waals surface area contributed by atoms with E-state index in [-0.39, 0.29) is 5.91 Å². The zero-order chi connectivity index (χ0) is 21.7. The highest BCUT2D eigenvalue weighted by atomic mass is 16.1. The monoisotopic (exact) mass is 403 g/mol. The molecule has 2 N–H and O–H groups in total. The van der Waals surface area contributed by atoms with Gasteiger partial charge in [0.25, 0.3) is 5.91 Å². The molecule has 1 aromatic heterocycles. The summed E-state index contributed by atoms with van der Waals surface area (Å²) in [5.41, 5.74) is 13.1. The van der Waals surface area contributed by atoms with E-state index in [0.717, 1.165) is 48.3 Å². The van der Waals surface area contributed by atoms with Crippen LogP contribution in [0.1, 0.15) is 53.5 Å². The molecule has 0 atom stereocenters. The van der Waals surface area contributed by atoms with Gasteiger partial charge in [-0.25, -0.2) is 0 Å². The second-order valence-corrected chi connectivity index (χ2v) is 8.12. The molecule has 158 valence electrons. The molecule has 2 aromatic carbocycles. The quantitative estimate of drug-likeness (QED) is 0.486. The minimum absolute atomic E-state index is 0.359. The third-order valence-electron chi connectivity index (χ3n) is 5.75. The summed E-state index contributed by atoms with van der Waals surface area (Å²) >= 11 is 0. The van der Waals surface area contributed by atoms with Crippen LogP contribution >= 0.6 is 0 Å². The smallest absolute Gasteiger partial charge is 0.251 e. The van der Waals surface area contributed by atoms with Gasteiger partial charge in [0.15, 0.2) is 0 Å². The Balaban J connectivity index is 2.16. The van der Waals surface area contributed by atoms with Crippen LogP contribution in [0.3, 0.4) is 0 Å². The molecule has 0 saturated heterocycles. The Morgan fingerprint density at radius 1 is 1.00 bits per heavy atom. The van der Waals surface area contributed by atoms with Crippen LogP contribution in [0.4, 0.5) is 5.69 Å². The molecule has 0 spiro atoms. The van der Waals surface area contributed by atoms with E-state index in [1.165, 1.54) is 17.7 Å². The van der Waals surface area contributed by atoms with Gasteiger partial charge in [0.2, 0.25) is 0 Å². The number of nitrogens with two attached hydrogens (primary N) is 1. The number of carbonyl (C=O) groups excluding carboxylic acids is 1. The summed E-state index contributed by atoms with van der Waals surface area (Å²) in [6, 6.07) is 18.8. The van der Waals surface area contributed by atoms with Gasteiger partial charge >= 0.3 is 0 Å². The lowest BCUT2D eigenvalue weighted by atomic mass is 9.97. The maximum atomic E-state index is 12.5. The number of amides is 1. The summed E-state index contributed by atoms with van der Waals surface area (Å²) in [6.45, 7) is 4.97. The summed E-state index contributed by atoms with van der Waals surface area (Å²) < 4.78 is 2.29. The first-order valence-electron chi connectivity index (χ1n) is 10.8. The van der Waals surface area contributed by atoms with Crippen molar-refractivity contribution in [1.29, 1.82) is 0 Å². The van der Waals surface area contributed by atoms with Gasteiger partial charge in [0.1, 0.15) is 0 Å². The van der Waals surface area contributed by atoms with E-state index in [1.54, 1.807) is 0 Å². The number of unbranched alkanes of at least 4 members (excludes halogenated alkanes) is 2. The SMILES string of the molecule is CCCCCc1c(-c2ccc(N(C)C)cc2)c(C(N)=O)c(C)n1Cc1ccccc1. The van der Waals surface area contributed by atoms with E-state index in [4.69, 9.17) is 5.73 Å². The summed E-state index contributed by atoms with van der Waals surface area (Å²) in [6.07, 6.45) is 4.35. The van der Waals surface area contributed by atoms with Crippen molar-refractivity contribution in [2.45, 2.75) is 46.1 Å². The Morgan fingerprint density at radius 2 is 1.67 bits per heavy atom. The lowest BCUT2D eigenvalue weighted by Gasteiger charge is -2.15. The van der Waals surface area contributed by atoms with Crippen LogP contribution in [0.15, 0.2) is 54.6 Å². The van der Waals surface area contributed by atoms with E-state index in [1.807, 2.05) is 27.1 Å². The molecular formula is C26H33N3O. The first kappa shape index (κ1) is 21.7. The Bertz CT molecular complexity index is 985. The van der Waals surface area contributed by atoms with Crippen molar-refractivity contribution in [1.82, 2.24) is 4.57 Å². The van der Waals surface area contributed by atoms with Gasteiger partial charge in [-0.3, -0.25) is 4.79 Å². The van der Waals surface area contributed by atoms with Crippen molar-refractivity contribution in [3.05, 3.63) is 77.1 Å². The zero-order valence-corrected chi connectivity index (χ0v) is 18.6. The Labute approximate surface area is 180 Å². The Morgan fingerprint density at radius 3 is 2.23 bits per heavy atom. The zero-order valence-electron chi connectivity index (χ0n) is 18.6. The summed E-state index contributed by atoms with van der Waals surface area (Å²) in [5.74, 6) is -0.359. The second-order valence-electron chi connectivity index (χ2n) is 8.12. The lowest BCUT2D eigenvalue weighted by Crippen LogP contribution is -2.13. The molecule has 3 rings (SSSR count). The molecule has 1 amide bonds. The average molecular weight is 404 g/mol. The van der Waals surface area contributed by atoms with Gasteiger partial charge in [-0.2, -0.15) is 0 Å². The Kier molecular flexibility index (Phi) is 6.99. The van der Waals surface area contributed by atoms with Crippen molar-refractivity contribution in [2.24, 2.45) is 5.73 Å². The van der Waals surface area contributed by atoms with Crippen molar-refractivity contribution in [3.8, 4) is 11.1 Å². The molecule has 1 heterocycles. The topological polar surface area (TPSA) is 51.3 Å². The van der Waals surface area contributed by atoms with E-state index in [0.29, 0.717) is 5.56 Å². The van der Waals surface area contributed by atoms with E-state index < -0.39 is 0 Å². The summed E-state index contributed by atoms with van der Waals surface area (Å²) in [5, 5.41) is 0. The van der Waals surface area contributed by atoms with Crippen LogP contribution < -0.4 is 10.6 Å². The van der Waals surface area contributed by atoms with E-state index in [2.05, 4.69) is 64.9 Å². The molecule has 0 saturated carbocycles. The molecule has 0 radical (unpaired) electrons. The highest BCUT2D eigenvalue weighted by molar-refractivity contribution is 6.02. The van der Waals surface area contributed by atoms with Crippen molar-refractivity contribution in [2.75, 3.05) is 19.0 Å². The second kappa shape index (κ2) is 9.66. The number of nitrogens with zero attached hydrogens (tertiary/aromatic N) is 2. The predicted molar refractivity (Wildman–Crippen MR) is 126 cm³/mol. The van der Waals surface area contributed by atoms with Crippen LogP contribution in [-0.2, 0) is 13.0 Å². The van der Waals surface area contributed by atoms with Gasteiger partial charge in [0.05, 0.1) is 5.56 Å². The minimum atomic E-state index is -0.359. The van der Waals surface area contributed by atoms with Crippen molar-refractivity contribution >= 4 is 11.6 Å². The standard InChI is InChI=1S/C26H33N3O/c1-5-6-8-13-23-25(21-14-16-22(17-15-21)28(3)4)24(26(27)30)19(2)29(23)18-20-11-9-7-10-12-20/h7,9-12,14-17H,5-6,8,13,18H2,1-4H3,(H2,27,30). The normalized spacial score (nSPS) is 10.9. The maximum absolute atomic E-state index is 12.5. The first-order chi connectivity index (χ1) is 14.4. The summed E-state index contributed by atoms with van der Waals surface area (Å²) in [7, 11) is 4.06. The fourth-order valence-corrected chi connectivity index (χ4v) is 4.12. The molecule has 4 heteroatoms.